The van der Waals surface area contributed by atoms with E-state index in [0.29, 0.717) is 11.3 Å². The molecule has 0 saturated carbocycles. The minimum absolute atomic E-state index is 0.129. The van der Waals surface area contributed by atoms with E-state index in [-0.39, 0.29) is 5.54 Å². The van der Waals surface area contributed by atoms with Crippen molar-refractivity contribution in [2.75, 3.05) is 17.2 Å². The number of hydrogen-bond acceptors (Lipinski definition) is 4. The molecule has 1 fully saturated rings. The highest BCUT2D eigenvalue weighted by Crippen LogP contribution is 2.30. The third-order valence-electron chi connectivity index (χ3n) is 3.88. The monoisotopic (exact) mass is 293 g/mol. The Morgan fingerprint density at radius 1 is 1.40 bits per heavy atom. The van der Waals surface area contributed by atoms with E-state index in [4.69, 9.17) is 0 Å². The van der Waals surface area contributed by atoms with E-state index in [1.165, 1.54) is 17.0 Å². The van der Waals surface area contributed by atoms with Crippen molar-refractivity contribution in [3.8, 4) is 0 Å². The van der Waals surface area contributed by atoms with E-state index in [0.717, 1.165) is 13.1 Å². The third-order valence-corrected chi connectivity index (χ3v) is 5.22. The van der Waals surface area contributed by atoms with Gasteiger partial charge in [-0.05, 0) is 33.8 Å². The predicted octanol–water partition coefficient (Wildman–Crippen LogP) is 3.30. The van der Waals surface area contributed by atoms with E-state index in [2.05, 4.69) is 67.6 Å². The Kier molecular flexibility index (Phi) is 4.97. The number of nitrogens with zero attached hydrogens (tertiary/aromatic N) is 2. The summed E-state index contributed by atoms with van der Waals surface area (Å²) in [5, 5.41) is 4.25. The van der Waals surface area contributed by atoms with E-state index in [1.807, 2.05) is 12.4 Å². The second-order valence-electron chi connectivity index (χ2n) is 6.62. The van der Waals surface area contributed by atoms with Crippen LogP contribution < -0.4 is 10.2 Å². The average Bonchev–Trinajstić information content (AvgIpc) is 2.39. The Hall–Kier alpha value is -0.740. The van der Waals surface area contributed by atoms with Crippen LogP contribution in [0.1, 0.15) is 40.2 Å². The molecule has 1 N–H and O–H groups in total. The third kappa shape index (κ3) is 3.89. The van der Waals surface area contributed by atoms with Gasteiger partial charge < -0.3 is 10.2 Å². The molecule has 2 atom stereocenters. The smallest absolute Gasteiger partial charge is 0.0445 e. The summed E-state index contributed by atoms with van der Waals surface area (Å²) in [7, 11) is 0. The van der Waals surface area contributed by atoms with Gasteiger partial charge in [0.1, 0.15) is 0 Å². The van der Waals surface area contributed by atoms with Crippen molar-refractivity contribution < 1.29 is 0 Å². The van der Waals surface area contributed by atoms with Crippen LogP contribution in [0.4, 0.5) is 5.69 Å². The first kappa shape index (κ1) is 15.6. The van der Waals surface area contributed by atoms with Crippen molar-refractivity contribution in [2.45, 2.75) is 58.0 Å². The van der Waals surface area contributed by atoms with E-state index >= 15 is 0 Å². The summed E-state index contributed by atoms with van der Waals surface area (Å²) >= 11 is 2.08. The quantitative estimate of drug-likeness (QED) is 0.925. The van der Waals surface area contributed by atoms with Gasteiger partial charge in [0, 0.05) is 59.3 Å². The lowest BCUT2D eigenvalue weighted by atomic mass is 10.1. The number of anilines is 1. The molecule has 0 radical (unpaired) electrons. The minimum atomic E-state index is 0.129. The number of rotatable bonds is 3. The average molecular weight is 293 g/mol. The van der Waals surface area contributed by atoms with Gasteiger partial charge >= 0.3 is 0 Å². The van der Waals surface area contributed by atoms with Gasteiger partial charge in [-0.15, -0.1) is 0 Å². The van der Waals surface area contributed by atoms with E-state index < -0.39 is 0 Å². The fourth-order valence-electron chi connectivity index (χ4n) is 2.47. The molecule has 1 aromatic rings. The molecule has 20 heavy (non-hydrogen) atoms. The Morgan fingerprint density at radius 3 is 2.85 bits per heavy atom. The molecule has 0 aliphatic carbocycles. The summed E-state index contributed by atoms with van der Waals surface area (Å²) in [6, 6.07) is 2.74. The number of aromatic nitrogens is 1. The topological polar surface area (TPSA) is 28.2 Å². The van der Waals surface area contributed by atoms with E-state index in [1.54, 1.807) is 0 Å². The van der Waals surface area contributed by atoms with Crippen LogP contribution in [0.25, 0.3) is 0 Å². The maximum atomic E-state index is 4.31. The molecule has 1 saturated heterocycles. The molecule has 2 heterocycles. The second kappa shape index (κ2) is 6.35. The summed E-state index contributed by atoms with van der Waals surface area (Å²) in [6.07, 6.45) is 3.92. The lowest BCUT2D eigenvalue weighted by Gasteiger charge is -2.40. The standard InChI is InChI=1S/C16H27N3S/c1-12-13(2)20-9-8-19(12)15-6-7-17-10-14(15)11-18-16(3,4)5/h6-7,10,12-13,18H,8-9,11H2,1-5H3. The van der Waals surface area contributed by atoms with Crippen LogP contribution >= 0.6 is 11.8 Å². The Balaban J connectivity index is 2.18. The van der Waals surface area contributed by atoms with Crippen molar-refractivity contribution >= 4 is 17.4 Å². The summed E-state index contributed by atoms with van der Waals surface area (Å²) in [6.45, 7) is 13.3. The number of nitrogens with one attached hydrogen (secondary N) is 1. The summed E-state index contributed by atoms with van der Waals surface area (Å²) < 4.78 is 0. The van der Waals surface area contributed by atoms with Crippen molar-refractivity contribution in [1.82, 2.24) is 10.3 Å². The van der Waals surface area contributed by atoms with Crippen molar-refractivity contribution in [1.29, 1.82) is 0 Å². The van der Waals surface area contributed by atoms with Gasteiger partial charge in [-0.25, -0.2) is 0 Å². The second-order valence-corrected chi connectivity index (χ2v) is 8.10. The highest BCUT2D eigenvalue weighted by Gasteiger charge is 2.26. The zero-order chi connectivity index (χ0) is 14.8. The highest BCUT2D eigenvalue weighted by atomic mass is 32.2. The molecule has 0 aromatic carbocycles. The van der Waals surface area contributed by atoms with Crippen LogP contribution in [-0.2, 0) is 6.54 Å². The molecule has 0 amide bonds. The van der Waals surface area contributed by atoms with Crippen LogP contribution in [-0.4, -0.2) is 34.1 Å². The van der Waals surface area contributed by atoms with Gasteiger partial charge in [0.2, 0.25) is 0 Å². The predicted molar refractivity (Wildman–Crippen MR) is 89.6 cm³/mol. The molecule has 1 aliphatic heterocycles. The van der Waals surface area contributed by atoms with Crippen molar-refractivity contribution in [2.24, 2.45) is 0 Å². The molecular formula is C16H27N3S. The van der Waals surface area contributed by atoms with Gasteiger partial charge in [-0.2, -0.15) is 11.8 Å². The fourth-order valence-corrected chi connectivity index (χ4v) is 3.57. The maximum Gasteiger partial charge on any atom is 0.0445 e. The maximum absolute atomic E-state index is 4.31. The Morgan fingerprint density at radius 2 is 2.15 bits per heavy atom. The van der Waals surface area contributed by atoms with Gasteiger partial charge in [0.15, 0.2) is 0 Å². The van der Waals surface area contributed by atoms with Crippen LogP contribution in [0, 0.1) is 0 Å². The molecule has 1 aliphatic rings. The van der Waals surface area contributed by atoms with Gasteiger partial charge in [0.25, 0.3) is 0 Å². The lowest BCUT2D eigenvalue weighted by Crippen LogP contribution is -2.45. The van der Waals surface area contributed by atoms with Gasteiger partial charge in [0.05, 0.1) is 0 Å². The molecule has 3 nitrogen and oxygen atoms in total. The van der Waals surface area contributed by atoms with Crippen LogP contribution in [0.15, 0.2) is 18.5 Å². The highest BCUT2D eigenvalue weighted by molar-refractivity contribution is 8.00. The molecule has 0 bridgehead atoms. The molecular weight excluding hydrogens is 266 g/mol. The molecule has 112 valence electrons. The zero-order valence-corrected chi connectivity index (χ0v) is 14.1. The largest absolute Gasteiger partial charge is 0.367 e. The van der Waals surface area contributed by atoms with E-state index in [9.17, 15) is 0 Å². The van der Waals surface area contributed by atoms with Crippen molar-refractivity contribution in [3.63, 3.8) is 0 Å². The minimum Gasteiger partial charge on any atom is -0.367 e. The molecule has 0 spiro atoms. The molecule has 2 rings (SSSR count). The number of pyridine rings is 1. The lowest BCUT2D eigenvalue weighted by molar-refractivity contribution is 0.423. The molecule has 4 heteroatoms. The van der Waals surface area contributed by atoms with Gasteiger partial charge in [-0.1, -0.05) is 6.92 Å². The van der Waals surface area contributed by atoms with Crippen LogP contribution in [0.2, 0.25) is 0 Å². The first-order chi connectivity index (χ1) is 9.38. The first-order valence-electron chi connectivity index (χ1n) is 7.44. The van der Waals surface area contributed by atoms with Crippen molar-refractivity contribution in [3.05, 3.63) is 24.0 Å². The SMILES string of the molecule is CC1SCCN(c2ccncc2CNC(C)(C)C)C1C. The first-order valence-corrected chi connectivity index (χ1v) is 8.49. The Labute approximate surface area is 127 Å². The van der Waals surface area contributed by atoms with Crippen LogP contribution in [0.5, 0.6) is 0 Å². The summed E-state index contributed by atoms with van der Waals surface area (Å²) in [5.74, 6) is 1.21. The van der Waals surface area contributed by atoms with Crippen LogP contribution in [0.3, 0.4) is 0 Å². The summed E-state index contributed by atoms with van der Waals surface area (Å²) in [4.78, 5) is 6.86. The molecule has 1 aromatic heterocycles. The normalized spacial score (nSPS) is 23.9. The fraction of sp³-hybridized carbons (Fsp3) is 0.688. The van der Waals surface area contributed by atoms with Gasteiger partial charge in [-0.3, -0.25) is 4.98 Å². The zero-order valence-electron chi connectivity index (χ0n) is 13.3. The summed E-state index contributed by atoms with van der Waals surface area (Å²) in [5.41, 5.74) is 2.77. The Bertz CT molecular complexity index is 442. The molecule has 2 unspecified atom stereocenters. The number of hydrogen-bond donors (Lipinski definition) is 1. The number of thioether (sulfide) groups is 1.